The molecule has 4 rings (SSSR count). The Morgan fingerprint density at radius 2 is 1.91 bits per heavy atom. The van der Waals surface area contributed by atoms with Crippen molar-refractivity contribution in [2.75, 3.05) is 25.6 Å². The van der Waals surface area contributed by atoms with Crippen molar-refractivity contribution in [2.45, 2.75) is 5.92 Å². The van der Waals surface area contributed by atoms with Gasteiger partial charge in [0.25, 0.3) is 5.56 Å². The van der Waals surface area contributed by atoms with Crippen LogP contribution in [0.2, 0.25) is 0 Å². The number of aromatic nitrogens is 2. The second kappa shape index (κ2) is 5.52. The van der Waals surface area contributed by atoms with Gasteiger partial charge in [-0.3, -0.25) is 15.2 Å². The molecule has 3 heterocycles. The van der Waals surface area contributed by atoms with Gasteiger partial charge in [-0.05, 0) is 42.3 Å². The molecule has 1 N–H and O–H groups in total. The number of rotatable bonds is 3. The number of nitrogens with one attached hydrogen (secondary N) is 1. The number of likely N-dealkylation sites (tertiary alicyclic amines) is 1. The number of benzene rings is 1. The van der Waals surface area contributed by atoms with E-state index >= 15 is 0 Å². The van der Waals surface area contributed by atoms with Crippen LogP contribution in [0.15, 0.2) is 59.8 Å². The van der Waals surface area contributed by atoms with Gasteiger partial charge in [-0.25, -0.2) is 4.68 Å². The fraction of sp³-hybridized carbons (Fsp3) is 0.222. The van der Waals surface area contributed by atoms with Gasteiger partial charge < -0.3 is 4.90 Å². The van der Waals surface area contributed by atoms with E-state index in [-0.39, 0.29) is 5.56 Å². The summed E-state index contributed by atoms with van der Waals surface area (Å²) < 4.78 is 1.50. The van der Waals surface area contributed by atoms with E-state index in [1.54, 1.807) is 18.6 Å². The summed E-state index contributed by atoms with van der Waals surface area (Å²) in [4.78, 5) is 18.8. The van der Waals surface area contributed by atoms with E-state index in [1.807, 2.05) is 24.3 Å². The maximum atomic E-state index is 12.5. The van der Waals surface area contributed by atoms with Crippen LogP contribution in [0.3, 0.4) is 0 Å². The minimum Gasteiger partial charge on any atom is -0.305 e. The second-order valence-corrected chi connectivity index (χ2v) is 6.11. The van der Waals surface area contributed by atoms with E-state index < -0.39 is 0 Å². The molecule has 0 amide bonds. The van der Waals surface area contributed by atoms with E-state index in [4.69, 9.17) is 0 Å². The van der Waals surface area contributed by atoms with Crippen LogP contribution in [0.5, 0.6) is 0 Å². The Balaban J connectivity index is 1.58. The summed E-state index contributed by atoms with van der Waals surface area (Å²) in [6, 6.07) is 12.1. The van der Waals surface area contributed by atoms with Crippen LogP contribution < -0.4 is 11.0 Å². The van der Waals surface area contributed by atoms with Crippen molar-refractivity contribution < 1.29 is 0 Å². The average Bonchev–Trinajstić information content (AvgIpc) is 2.56. The van der Waals surface area contributed by atoms with Gasteiger partial charge in [0.15, 0.2) is 0 Å². The van der Waals surface area contributed by atoms with E-state index in [0.717, 1.165) is 24.2 Å². The molecule has 23 heavy (non-hydrogen) atoms. The zero-order valence-corrected chi connectivity index (χ0v) is 12.9. The van der Waals surface area contributed by atoms with E-state index in [0.29, 0.717) is 11.3 Å². The van der Waals surface area contributed by atoms with E-state index in [1.165, 1.54) is 10.2 Å². The standard InChI is InChI=1S/C18H18N4O/c1-21-11-15(12-21)13-2-4-16(5-3-13)20-22-9-7-14-6-8-19-10-17(14)18(22)23/h2-10,15,20H,11-12H2,1H3. The Morgan fingerprint density at radius 3 is 2.65 bits per heavy atom. The number of nitrogens with zero attached hydrogens (tertiary/aromatic N) is 3. The van der Waals surface area contributed by atoms with Crippen molar-refractivity contribution in [1.29, 1.82) is 0 Å². The van der Waals surface area contributed by atoms with Crippen LogP contribution in [0.4, 0.5) is 5.69 Å². The minimum atomic E-state index is -0.0969. The van der Waals surface area contributed by atoms with Crippen molar-refractivity contribution in [1.82, 2.24) is 14.6 Å². The molecule has 2 aromatic heterocycles. The first kappa shape index (κ1) is 14.0. The van der Waals surface area contributed by atoms with Crippen LogP contribution in [0, 0.1) is 0 Å². The third kappa shape index (κ3) is 2.59. The molecule has 116 valence electrons. The minimum absolute atomic E-state index is 0.0969. The number of fused-ring (bicyclic) bond motifs is 1. The SMILES string of the molecule is CN1CC(c2ccc(Nn3ccc4ccncc4c3=O)cc2)C1. The molecule has 0 bridgehead atoms. The number of likely N-dealkylation sites (N-methyl/N-ethyl adjacent to an activating group) is 1. The molecule has 0 spiro atoms. The molecule has 0 aliphatic carbocycles. The third-order valence-electron chi connectivity index (χ3n) is 4.40. The second-order valence-electron chi connectivity index (χ2n) is 6.11. The van der Waals surface area contributed by atoms with Crippen molar-refractivity contribution in [3.8, 4) is 0 Å². The van der Waals surface area contributed by atoms with Crippen LogP contribution >= 0.6 is 0 Å². The summed E-state index contributed by atoms with van der Waals surface area (Å²) in [6.07, 6.45) is 5.04. The normalized spacial score (nSPS) is 15.5. The topological polar surface area (TPSA) is 50.2 Å². The Labute approximate surface area is 134 Å². The van der Waals surface area contributed by atoms with Crippen LogP contribution in [0.1, 0.15) is 11.5 Å². The van der Waals surface area contributed by atoms with Gasteiger partial charge in [0.05, 0.1) is 11.1 Å². The Morgan fingerprint density at radius 1 is 1.13 bits per heavy atom. The van der Waals surface area contributed by atoms with Gasteiger partial charge in [-0.15, -0.1) is 0 Å². The summed E-state index contributed by atoms with van der Waals surface area (Å²) in [6.45, 7) is 2.23. The third-order valence-corrected chi connectivity index (χ3v) is 4.40. The number of hydrogen-bond donors (Lipinski definition) is 1. The van der Waals surface area contributed by atoms with E-state index in [2.05, 4.69) is 34.5 Å². The zero-order valence-electron chi connectivity index (χ0n) is 12.9. The number of anilines is 1. The highest BCUT2D eigenvalue weighted by molar-refractivity contribution is 5.80. The molecule has 0 radical (unpaired) electrons. The van der Waals surface area contributed by atoms with Gasteiger partial charge >= 0.3 is 0 Å². The lowest BCUT2D eigenvalue weighted by molar-refractivity contribution is 0.190. The van der Waals surface area contributed by atoms with Crippen LogP contribution in [0.25, 0.3) is 10.8 Å². The smallest absolute Gasteiger partial charge is 0.278 e. The van der Waals surface area contributed by atoms with Crippen molar-refractivity contribution in [3.63, 3.8) is 0 Å². The van der Waals surface area contributed by atoms with Crippen molar-refractivity contribution in [2.24, 2.45) is 0 Å². The first-order chi connectivity index (χ1) is 11.2. The molecule has 5 nitrogen and oxygen atoms in total. The maximum Gasteiger partial charge on any atom is 0.278 e. The fourth-order valence-corrected chi connectivity index (χ4v) is 3.05. The number of hydrogen-bond acceptors (Lipinski definition) is 4. The van der Waals surface area contributed by atoms with Gasteiger partial charge in [0, 0.05) is 37.6 Å². The van der Waals surface area contributed by atoms with Crippen LogP contribution in [-0.4, -0.2) is 34.7 Å². The molecule has 3 aromatic rings. The molecule has 0 saturated carbocycles. The highest BCUT2D eigenvalue weighted by Crippen LogP contribution is 2.26. The summed E-state index contributed by atoms with van der Waals surface area (Å²) >= 11 is 0. The molecule has 1 aliphatic rings. The molecular formula is C18H18N4O. The van der Waals surface area contributed by atoms with Gasteiger partial charge in [0.1, 0.15) is 0 Å². The Bertz CT molecular complexity index is 895. The van der Waals surface area contributed by atoms with Crippen molar-refractivity contribution in [3.05, 3.63) is 70.9 Å². The van der Waals surface area contributed by atoms with Gasteiger partial charge in [0.2, 0.25) is 0 Å². The molecule has 1 aromatic carbocycles. The molecule has 0 unspecified atom stereocenters. The maximum absolute atomic E-state index is 12.5. The number of pyridine rings is 2. The fourth-order valence-electron chi connectivity index (χ4n) is 3.05. The Hall–Kier alpha value is -2.66. The van der Waals surface area contributed by atoms with Crippen LogP contribution in [-0.2, 0) is 0 Å². The summed E-state index contributed by atoms with van der Waals surface area (Å²) in [5.41, 5.74) is 5.29. The summed E-state index contributed by atoms with van der Waals surface area (Å²) in [5, 5.41) is 1.50. The molecule has 5 heteroatoms. The largest absolute Gasteiger partial charge is 0.305 e. The highest BCUT2D eigenvalue weighted by Gasteiger charge is 2.24. The predicted molar refractivity (Wildman–Crippen MR) is 91.7 cm³/mol. The quantitative estimate of drug-likeness (QED) is 0.807. The van der Waals surface area contributed by atoms with Crippen molar-refractivity contribution >= 4 is 16.5 Å². The highest BCUT2D eigenvalue weighted by atomic mass is 16.1. The lowest BCUT2D eigenvalue weighted by Gasteiger charge is -2.36. The van der Waals surface area contributed by atoms with E-state index in [9.17, 15) is 4.79 Å². The first-order valence-corrected chi connectivity index (χ1v) is 7.71. The monoisotopic (exact) mass is 306 g/mol. The average molecular weight is 306 g/mol. The lowest BCUT2D eigenvalue weighted by atomic mass is 9.92. The molecule has 1 saturated heterocycles. The zero-order chi connectivity index (χ0) is 15.8. The summed E-state index contributed by atoms with van der Waals surface area (Å²) in [7, 11) is 2.13. The first-order valence-electron chi connectivity index (χ1n) is 7.71. The van der Waals surface area contributed by atoms with Gasteiger partial charge in [-0.1, -0.05) is 12.1 Å². The molecular weight excluding hydrogens is 288 g/mol. The molecule has 1 aliphatic heterocycles. The Kier molecular flexibility index (Phi) is 3.35. The summed E-state index contributed by atoms with van der Waals surface area (Å²) in [5.74, 6) is 0.628. The lowest BCUT2D eigenvalue weighted by Crippen LogP contribution is -2.41. The molecule has 1 fully saturated rings. The van der Waals surface area contributed by atoms with Gasteiger partial charge in [-0.2, -0.15) is 0 Å². The predicted octanol–water partition coefficient (Wildman–Crippen LogP) is 2.30. The molecule has 0 atom stereocenters.